The van der Waals surface area contributed by atoms with E-state index in [0.29, 0.717) is 18.9 Å². The van der Waals surface area contributed by atoms with E-state index in [1.165, 1.54) is 5.56 Å². The minimum Gasteiger partial charge on any atom is -0.380 e. The summed E-state index contributed by atoms with van der Waals surface area (Å²) in [6, 6.07) is 10.6. The first-order valence-corrected chi connectivity index (χ1v) is 7.77. The lowest BCUT2D eigenvalue weighted by molar-refractivity contribution is -0.135. The summed E-state index contributed by atoms with van der Waals surface area (Å²) in [5, 5.41) is 0. The molecule has 2 rings (SSSR count). The van der Waals surface area contributed by atoms with Gasteiger partial charge in [-0.2, -0.15) is 0 Å². The van der Waals surface area contributed by atoms with Crippen LogP contribution in [0.25, 0.3) is 0 Å². The average Bonchev–Trinajstić information content (AvgIpc) is 2.54. The molecule has 0 bridgehead atoms. The van der Waals surface area contributed by atoms with Crippen LogP contribution in [0.5, 0.6) is 0 Å². The van der Waals surface area contributed by atoms with Gasteiger partial charge in [0, 0.05) is 26.7 Å². The van der Waals surface area contributed by atoms with Crippen LogP contribution >= 0.6 is 0 Å². The molecule has 1 aromatic carbocycles. The maximum absolute atomic E-state index is 12.2. The van der Waals surface area contributed by atoms with Crippen molar-refractivity contribution >= 4 is 5.91 Å². The molecule has 0 aromatic heterocycles. The maximum atomic E-state index is 12.2. The van der Waals surface area contributed by atoms with Gasteiger partial charge in [0.05, 0.1) is 12.5 Å². The minimum atomic E-state index is -0.153. The molecule has 1 atom stereocenters. The summed E-state index contributed by atoms with van der Waals surface area (Å²) in [7, 11) is 1.61. The van der Waals surface area contributed by atoms with E-state index in [4.69, 9.17) is 10.5 Å². The van der Waals surface area contributed by atoms with Crippen LogP contribution in [0.4, 0.5) is 0 Å². The number of nitrogens with two attached hydrogens (primary N) is 1. The van der Waals surface area contributed by atoms with Crippen LogP contribution in [0.1, 0.15) is 24.8 Å². The Bertz CT molecular complexity index is 424. The summed E-state index contributed by atoms with van der Waals surface area (Å²) in [4.78, 5) is 14.1. The van der Waals surface area contributed by atoms with Crippen molar-refractivity contribution in [3.63, 3.8) is 0 Å². The van der Waals surface area contributed by atoms with E-state index in [9.17, 15) is 4.79 Å². The average molecular weight is 290 g/mol. The van der Waals surface area contributed by atoms with Gasteiger partial charge < -0.3 is 15.4 Å². The highest BCUT2D eigenvalue weighted by atomic mass is 16.5. The standard InChI is InChI=1S/C17H26N2O2/c1-21-16(13-18)12-17(20)19-9-7-15(8-10-19)11-14-5-3-2-4-6-14/h2-6,15-16H,7-13,18H2,1H3. The molecule has 1 heterocycles. The van der Waals surface area contributed by atoms with Crippen molar-refractivity contribution < 1.29 is 9.53 Å². The molecule has 1 fully saturated rings. The highest BCUT2D eigenvalue weighted by Crippen LogP contribution is 2.22. The van der Waals surface area contributed by atoms with Crippen molar-refractivity contribution in [2.45, 2.75) is 31.8 Å². The van der Waals surface area contributed by atoms with Crippen LogP contribution in [0, 0.1) is 5.92 Å². The SMILES string of the molecule is COC(CN)CC(=O)N1CCC(Cc2ccccc2)CC1. The van der Waals surface area contributed by atoms with E-state index in [0.717, 1.165) is 32.4 Å². The molecule has 1 saturated heterocycles. The van der Waals surface area contributed by atoms with Gasteiger partial charge in [0.1, 0.15) is 0 Å². The Kier molecular flexibility index (Phi) is 6.21. The number of likely N-dealkylation sites (tertiary alicyclic amines) is 1. The molecule has 0 aliphatic carbocycles. The monoisotopic (exact) mass is 290 g/mol. The Morgan fingerprint density at radius 1 is 1.33 bits per heavy atom. The Morgan fingerprint density at radius 3 is 2.57 bits per heavy atom. The molecule has 4 heteroatoms. The van der Waals surface area contributed by atoms with Crippen molar-refractivity contribution in [3.05, 3.63) is 35.9 Å². The summed E-state index contributed by atoms with van der Waals surface area (Å²) in [6.07, 6.45) is 3.53. The van der Waals surface area contributed by atoms with Gasteiger partial charge in [-0.05, 0) is 30.7 Å². The molecular weight excluding hydrogens is 264 g/mol. The van der Waals surface area contributed by atoms with Gasteiger partial charge in [-0.1, -0.05) is 30.3 Å². The molecule has 0 radical (unpaired) electrons. The topological polar surface area (TPSA) is 55.6 Å². The molecule has 1 aromatic rings. The van der Waals surface area contributed by atoms with Gasteiger partial charge in [-0.3, -0.25) is 4.79 Å². The molecule has 4 nitrogen and oxygen atoms in total. The van der Waals surface area contributed by atoms with E-state index in [-0.39, 0.29) is 12.0 Å². The third-order valence-electron chi connectivity index (χ3n) is 4.33. The zero-order valence-electron chi connectivity index (χ0n) is 12.8. The second-order valence-corrected chi connectivity index (χ2v) is 5.81. The van der Waals surface area contributed by atoms with E-state index >= 15 is 0 Å². The van der Waals surface area contributed by atoms with Crippen LogP contribution in [-0.4, -0.2) is 43.7 Å². The third kappa shape index (κ3) is 4.83. The fraction of sp³-hybridized carbons (Fsp3) is 0.588. The molecule has 0 saturated carbocycles. The predicted octanol–water partition coefficient (Wildman–Crippen LogP) is 1.83. The van der Waals surface area contributed by atoms with E-state index in [1.54, 1.807) is 7.11 Å². The molecular formula is C17H26N2O2. The van der Waals surface area contributed by atoms with Gasteiger partial charge in [0.2, 0.25) is 5.91 Å². The molecule has 1 aliphatic heterocycles. The Hall–Kier alpha value is -1.39. The van der Waals surface area contributed by atoms with Crippen LogP contribution < -0.4 is 5.73 Å². The number of hydrogen-bond acceptors (Lipinski definition) is 3. The number of amides is 1. The lowest BCUT2D eigenvalue weighted by atomic mass is 9.90. The van der Waals surface area contributed by atoms with Crippen LogP contribution in [0.15, 0.2) is 30.3 Å². The van der Waals surface area contributed by atoms with Gasteiger partial charge in [0.15, 0.2) is 0 Å². The van der Waals surface area contributed by atoms with Crippen molar-refractivity contribution in [2.24, 2.45) is 11.7 Å². The van der Waals surface area contributed by atoms with Gasteiger partial charge in [0.25, 0.3) is 0 Å². The number of benzene rings is 1. The number of carbonyl (C=O) groups is 1. The zero-order chi connectivity index (χ0) is 15.1. The Balaban J connectivity index is 1.76. The first-order valence-electron chi connectivity index (χ1n) is 7.77. The highest BCUT2D eigenvalue weighted by Gasteiger charge is 2.24. The van der Waals surface area contributed by atoms with Gasteiger partial charge in [-0.15, -0.1) is 0 Å². The Morgan fingerprint density at radius 2 is 2.00 bits per heavy atom. The van der Waals surface area contributed by atoms with E-state index < -0.39 is 0 Å². The number of nitrogens with zero attached hydrogens (tertiary/aromatic N) is 1. The van der Waals surface area contributed by atoms with E-state index in [1.807, 2.05) is 4.90 Å². The lowest BCUT2D eigenvalue weighted by Crippen LogP contribution is -2.41. The minimum absolute atomic E-state index is 0.153. The number of rotatable bonds is 6. The Labute approximate surface area is 127 Å². The van der Waals surface area contributed by atoms with Crippen molar-refractivity contribution in [1.82, 2.24) is 4.90 Å². The summed E-state index contributed by atoms with van der Waals surface area (Å²) in [5.41, 5.74) is 6.97. The normalized spacial score (nSPS) is 17.7. The van der Waals surface area contributed by atoms with Crippen molar-refractivity contribution in [1.29, 1.82) is 0 Å². The second-order valence-electron chi connectivity index (χ2n) is 5.81. The zero-order valence-corrected chi connectivity index (χ0v) is 12.8. The number of methoxy groups -OCH3 is 1. The first kappa shape index (κ1) is 16.0. The van der Waals surface area contributed by atoms with Gasteiger partial charge >= 0.3 is 0 Å². The molecule has 21 heavy (non-hydrogen) atoms. The summed E-state index contributed by atoms with van der Waals surface area (Å²) in [6.45, 7) is 2.11. The highest BCUT2D eigenvalue weighted by molar-refractivity contribution is 5.76. The van der Waals surface area contributed by atoms with Crippen LogP contribution in [0.2, 0.25) is 0 Å². The third-order valence-corrected chi connectivity index (χ3v) is 4.33. The smallest absolute Gasteiger partial charge is 0.225 e. The summed E-state index contributed by atoms with van der Waals surface area (Å²) in [5.74, 6) is 0.856. The molecule has 1 amide bonds. The largest absolute Gasteiger partial charge is 0.380 e. The summed E-state index contributed by atoms with van der Waals surface area (Å²) >= 11 is 0. The quantitative estimate of drug-likeness (QED) is 0.869. The number of ether oxygens (including phenoxy) is 1. The van der Waals surface area contributed by atoms with E-state index in [2.05, 4.69) is 30.3 Å². The predicted molar refractivity (Wildman–Crippen MR) is 83.9 cm³/mol. The van der Waals surface area contributed by atoms with Gasteiger partial charge in [-0.25, -0.2) is 0 Å². The second kappa shape index (κ2) is 8.15. The molecule has 1 unspecified atom stereocenters. The van der Waals surface area contributed by atoms with Crippen molar-refractivity contribution in [3.8, 4) is 0 Å². The molecule has 1 aliphatic rings. The van der Waals surface area contributed by atoms with Crippen LogP contribution in [0.3, 0.4) is 0 Å². The summed E-state index contributed by atoms with van der Waals surface area (Å²) < 4.78 is 5.19. The van der Waals surface area contributed by atoms with Crippen LogP contribution in [-0.2, 0) is 16.0 Å². The first-order chi connectivity index (χ1) is 10.2. The lowest BCUT2D eigenvalue weighted by Gasteiger charge is -2.32. The molecule has 0 spiro atoms. The fourth-order valence-electron chi connectivity index (χ4n) is 2.92. The maximum Gasteiger partial charge on any atom is 0.225 e. The fourth-order valence-corrected chi connectivity index (χ4v) is 2.92. The molecule has 2 N–H and O–H groups in total. The molecule has 116 valence electrons. The van der Waals surface area contributed by atoms with Crippen molar-refractivity contribution in [2.75, 3.05) is 26.7 Å². The number of piperidine rings is 1. The number of hydrogen-bond donors (Lipinski definition) is 1. The number of carbonyl (C=O) groups excluding carboxylic acids is 1.